The number of likely N-dealkylation sites (N-methyl/N-ethyl adjacent to an activating group) is 1. The summed E-state index contributed by atoms with van der Waals surface area (Å²) in [6, 6.07) is 9.58. The number of hydrogen-bond donors (Lipinski definition) is 2. The van der Waals surface area contributed by atoms with Crippen LogP contribution in [0.15, 0.2) is 42.5 Å². The minimum atomic E-state index is -0.941. The van der Waals surface area contributed by atoms with Crippen molar-refractivity contribution >= 4 is 17.5 Å². The quantitative estimate of drug-likeness (QED) is 0.735. The van der Waals surface area contributed by atoms with Gasteiger partial charge in [-0.25, -0.2) is 4.39 Å². The Labute approximate surface area is 156 Å². The third-order valence-electron chi connectivity index (χ3n) is 3.95. The molecule has 2 aromatic carbocycles. The number of carbonyl (C=O) groups excluding carboxylic acids is 2. The molecule has 7 nitrogen and oxygen atoms in total. The van der Waals surface area contributed by atoms with Crippen molar-refractivity contribution in [2.75, 3.05) is 33.1 Å². The number of carbonyl (C=O) groups is 2. The Hall–Kier alpha value is -3.13. The number of anilines is 1. The summed E-state index contributed by atoms with van der Waals surface area (Å²) in [5.41, 5.74) is 6.29. The summed E-state index contributed by atoms with van der Waals surface area (Å²) in [6.45, 7) is -0.140. The van der Waals surface area contributed by atoms with Gasteiger partial charge in [0.2, 0.25) is 11.8 Å². The summed E-state index contributed by atoms with van der Waals surface area (Å²) in [5, 5.41) is 2.71. The Balaban J connectivity index is 2.13. The van der Waals surface area contributed by atoms with E-state index in [1.807, 2.05) is 0 Å². The van der Waals surface area contributed by atoms with Gasteiger partial charge in [0.15, 0.2) is 0 Å². The minimum absolute atomic E-state index is 0.140. The average Bonchev–Trinajstić information content (AvgIpc) is 2.61. The van der Waals surface area contributed by atoms with E-state index in [0.717, 1.165) is 0 Å². The normalized spacial score (nSPS) is 11.7. The molecule has 8 heteroatoms. The number of amides is 2. The molecule has 0 bridgehead atoms. The predicted octanol–water partition coefficient (Wildman–Crippen LogP) is 1.94. The Morgan fingerprint density at radius 1 is 1.19 bits per heavy atom. The van der Waals surface area contributed by atoms with Crippen LogP contribution >= 0.6 is 0 Å². The van der Waals surface area contributed by atoms with Crippen molar-refractivity contribution in [3.05, 3.63) is 53.8 Å². The first kappa shape index (κ1) is 20.2. The number of primary amides is 1. The number of rotatable bonds is 8. The van der Waals surface area contributed by atoms with E-state index in [0.29, 0.717) is 22.7 Å². The van der Waals surface area contributed by atoms with Crippen LogP contribution in [-0.4, -0.2) is 44.5 Å². The zero-order chi connectivity index (χ0) is 20.0. The van der Waals surface area contributed by atoms with E-state index < -0.39 is 17.8 Å². The maximum Gasteiger partial charge on any atom is 0.239 e. The molecular formula is C19H22FN3O4. The van der Waals surface area contributed by atoms with Crippen LogP contribution in [0.2, 0.25) is 0 Å². The molecule has 2 rings (SSSR count). The van der Waals surface area contributed by atoms with Crippen molar-refractivity contribution in [2.45, 2.75) is 6.04 Å². The Morgan fingerprint density at radius 3 is 2.52 bits per heavy atom. The third-order valence-corrected chi connectivity index (χ3v) is 3.95. The molecular weight excluding hydrogens is 353 g/mol. The molecule has 0 saturated carbocycles. The van der Waals surface area contributed by atoms with Gasteiger partial charge < -0.3 is 20.5 Å². The molecule has 0 saturated heterocycles. The van der Waals surface area contributed by atoms with Crippen molar-refractivity contribution in [2.24, 2.45) is 5.73 Å². The third kappa shape index (κ3) is 5.18. The van der Waals surface area contributed by atoms with Gasteiger partial charge in [0, 0.05) is 6.07 Å². The van der Waals surface area contributed by atoms with E-state index >= 15 is 0 Å². The van der Waals surface area contributed by atoms with Crippen LogP contribution in [-0.2, 0) is 9.59 Å². The van der Waals surface area contributed by atoms with Crippen LogP contribution in [0, 0.1) is 5.82 Å². The number of benzene rings is 2. The van der Waals surface area contributed by atoms with Gasteiger partial charge in [-0.1, -0.05) is 12.1 Å². The molecule has 0 aliphatic carbocycles. The molecule has 1 atom stereocenters. The molecule has 2 amide bonds. The number of methoxy groups -OCH3 is 2. The first-order chi connectivity index (χ1) is 12.8. The molecule has 1 unspecified atom stereocenters. The predicted molar refractivity (Wildman–Crippen MR) is 99.1 cm³/mol. The molecule has 0 aromatic heterocycles. The number of nitrogens with one attached hydrogen (secondary N) is 1. The second-order valence-corrected chi connectivity index (χ2v) is 5.89. The van der Waals surface area contributed by atoms with Crippen LogP contribution in [0.25, 0.3) is 0 Å². The average molecular weight is 375 g/mol. The summed E-state index contributed by atoms with van der Waals surface area (Å²) in [6.07, 6.45) is 0. The van der Waals surface area contributed by atoms with Crippen molar-refractivity contribution in [3.63, 3.8) is 0 Å². The first-order valence-electron chi connectivity index (χ1n) is 8.12. The first-order valence-corrected chi connectivity index (χ1v) is 8.12. The Kier molecular flexibility index (Phi) is 6.73. The van der Waals surface area contributed by atoms with Gasteiger partial charge in [-0.05, 0) is 36.9 Å². The Bertz CT molecular complexity index is 828. The lowest BCUT2D eigenvalue weighted by Crippen LogP contribution is -2.39. The van der Waals surface area contributed by atoms with Gasteiger partial charge in [0.05, 0.1) is 26.5 Å². The molecule has 27 heavy (non-hydrogen) atoms. The summed E-state index contributed by atoms with van der Waals surface area (Å²) in [4.78, 5) is 25.7. The number of nitrogens with two attached hydrogens (primary N) is 1. The van der Waals surface area contributed by atoms with Gasteiger partial charge in [0.1, 0.15) is 23.4 Å². The van der Waals surface area contributed by atoms with Gasteiger partial charge in [-0.15, -0.1) is 0 Å². The standard InChI is InChI=1S/C19H22FN3O4/c1-23(18(19(21)25)12-5-4-6-13(20)9-12)11-17(24)22-15-8-7-14(26-2)10-16(15)27-3/h4-10,18H,11H2,1-3H3,(H2,21,25)(H,22,24). The zero-order valence-corrected chi connectivity index (χ0v) is 15.4. The zero-order valence-electron chi connectivity index (χ0n) is 15.4. The smallest absolute Gasteiger partial charge is 0.239 e. The van der Waals surface area contributed by atoms with Gasteiger partial charge >= 0.3 is 0 Å². The highest BCUT2D eigenvalue weighted by molar-refractivity contribution is 5.94. The summed E-state index contributed by atoms with van der Waals surface area (Å²) < 4.78 is 23.8. The monoisotopic (exact) mass is 375 g/mol. The molecule has 0 radical (unpaired) electrons. The molecule has 0 aliphatic heterocycles. The van der Waals surface area contributed by atoms with Gasteiger partial charge in [0.25, 0.3) is 0 Å². The molecule has 0 spiro atoms. The highest BCUT2D eigenvalue weighted by Gasteiger charge is 2.25. The summed E-state index contributed by atoms with van der Waals surface area (Å²) in [7, 11) is 4.56. The van der Waals surface area contributed by atoms with Crippen LogP contribution in [0.4, 0.5) is 10.1 Å². The second kappa shape index (κ2) is 9.00. The molecule has 0 aliphatic rings. The van der Waals surface area contributed by atoms with Crippen LogP contribution in [0.5, 0.6) is 11.5 Å². The fourth-order valence-electron chi connectivity index (χ4n) is 2.72. The molecule has 3 N–H and O–H groups in total. The van der Waals surface area contributed by atoms with Crippen molar-refractivity contribution in [3.8, 4) is 11.5 Å². The Morgan fingerprint density at radius 2 is 1.93 bits per heavy atom. The molecule has 144 valence electrons. The van der Waals surface area contributed by atoms with E-state index in [4.69, 9.17) is 15.2 Å². The van der Waals surface area contributed by atoms with Crippen LogP contribution in [0.3, 0.4) is 0 Å². The maximum absolute atomic E-state index is 13.5. The fraction of sp³-hybridized carbons (Fsp3) is 0.263. The van der Waals surface area contributed by atoms with Crippen molar-refractivity contribution in [1.82, 2.24) is 4.90 Å². The van der Waals surface area contributed by atoms with Crippen LogP contribution < -0.4 is 20.5 Å². The molecule has 0 heterocycles. The lowest BCUT2D eigenvalue weighted by atomic mass is 10.0. The number of ether oxygens (including phenoxy) is 2. The maximum atomic E-state index is 13.5. The van der Waals surface area contributed by atoms with E-state index in [-0.39, 0.29) is 12.5 Å². The highest BCUT2D eigenvalue weighted by atomic mass is 19.1. The number of nitrogens with zero attached hydrogens (tertiary/aromatic N) is 1. The van der Waals surface area contributed by atoms with Gasteiger partial charge in [-0.2, -0.15) is 0 Å². The van der Waals surface area contributed by atoms with E-state index in [1.54, 1.807) is 31.3 Å². The van der Waals surface area contributed by atoms with Crippen molar-refractivity contribution in [1.29, 1.82) is 0 Å². The highest BCUT2D eigenvalue weighted by Crippen LogP contribution is 2.29. The number of halogens is 1. The summed E-state index contributed by atoms with van der Waals surface area (Å²) >= 11 is 0. The SMILES string of the molecule is COc1ccc(NC(=O)CN(C)C(C(N)=O)c2cccc(F)c2)c(OC)c1. The topological polar surface area (TPSA) is 93.9 Å². The lowest BCUT2D eigenvalue weighted by molar-refractivity contribution is -0.124. The fourth-order valence-corrected chi connectivity index (χ4v) is 2.72. The van der Waals surface area contributed by atoms with E-state index in [9.17, 15) is 14.0 Å². The largest absolute Gasteiger partial charge is 0.497 e. The van der Waals surface area contributed by atoms with E-state index in [2.05, 4.69) is 5.32 Å². The second-order valence-electron chi connectivity index (χ2n) is 5.89. The molecule has 2 aromatic rings. The van der Waals surface area contributed by atoms with E-state index in [1.165, 1.54) is 37.3 Å². The van der Waals surface area contributed by atoms with Crippen LogP contribution in [0.1, 0.15) is 11.6 Å². The lowest BCUT2D eigenvalue weighted by Gasteiger charge is -2.25. The summed E-state index contributed by atoms with van der Waals surface area (Å²) in [5.74, 6) is -0.537. The minimum Gasteiger partial charge on any atom is -0.497 e. The van der Waals surface area contributed by atoms with Gasteiger partial charge in [-0.3, -0.25) is 14.5 Å². The molecule has 0 fully saturated rings. The number of hydrogen-bond acceptors (Lipinski definition) is 5. The van der Waals surface area contributed by atoms with Crippen molar-refractivity contribution < 1.29 is 23.5 Å².